The Kier molecular flexibility index (Phi) is 5.20. The zero-order chi connectivity index (χ0) is 15.2. The van der Waals surface area contributed by atoms with E-state index in [1.165, 1.54) is 11.1 Å². The van der Waals surface area contributed by atoms with Crippen LogP contribution >= 0.6 is 0 Å². The van der Waals surface area contributed by atoms with Crippen molar-refractivity contribution in [3.05, 3.63) is 29.3 Å². The molecule has 114 valence electrons. The quantitative estimate of drug-likeness (QED) is 0.834. The molecule has 21 heavy (non-hydrogen) atoms. The van der Waals surface area contributed by atoms with Gasteiger partial charge < -0.3 is 15.1 Å². The monoisotopic (exact) mass is 289 g/mol. The Morgan fingerprint density at radius 3 is 2.52 bits per heavy atom. The molecular weight excluding hydrogens is 266 g/mol. The van der Waals surface area contributed by atoms with Crippen LogP contribution in [0.2, 0.25) is 0 Å². The molecule has 1 aliphatic rings. The summed E-state index contributed by atoms with van der Waals surface area (Å²) < 4.78 is 0. The number of amides is 2. The largest absolute Gasteiger partial charge is 0.385 e. The highest BCUT2D eigenvalue weighted by molar-refractivity contribution is 5.77. The lowest BCUT2D eigenvalue weighted by molar-refractivity contribution is -0.134. The summed E-state index contributed by atoms with van der Waals surface area (Å²) in [6.07, 6.45) is 1.33. The molecule has 0 radical (unpaired) electrons. The lowest BCUT2D eigenvalue weighted by Crippen LogP contribution is -2.48. The molecule has 5 nitrogen and oxygen atoms in total. The summed E-state index contributed by atoms with van der Waals surface area (Å²) in [7, 11) is 0. The van der Waals surface area contributed by atoms with Gasteiger partial charge in [0, 0.05) is 44.8 Å². The Bertz CT molecular complexity index is 508. The maximum atomic E-state index is 12.1. The minimum absolute atomic E-state index is 0.150. The van der Waals surface area contributed by atoms with Crippen LogP contribution in [0.1, 0.15) is 17.5 Å². The highest BCUT2D eigenvalue weighted by Crippen LogP contribution is 2.14. The normalized spacial score (nSPS) is 15.0. The molecule has 1 fully saturated rings. The van der Waals surface area contributed by atoms with Crippen molar-refractivity contribution in [1.82, 2.24) is 9.80 Å². The summed E-state index contributed by atoms with van der Waals surface area (Å²) in [4.78, 5) is 26.3. The van der Waals surface area contributed by atoms with Crippen LogP contribution in [0.3, 0.4) is 0 Å². The third-order valence-corrected chi connectivity index (χ3v) is 3.99. The fourth-order valence-corrected chi connectivity index (χ4v) is 2.40. The van der Waals surface area contributed by atoms with Crippen LogP contribution < -0.4 is 5.32 Å². The van der Waals surface area contributed by atoms with Crippen LogP contribution in [0.15, 0.2) is 18.2 Å². The van der Waals surface area contributed by atoms with Crippen LogP contribution in [0.5, 0.6) is 0 Å². The minimum Gasteiger partial charge on any atom is -0.385 e. The fraction of sp³-hybridized carbons (Fsp3) is 0.500. The molecule has 1 saturated heterocycles. The van der Waals surface area contributed by atoms with Crippen LogP contribution in [-0.4, -0.2) is 54.8 Å². The van der Waals surface area contributed by atoms with Crippen LogP contribution in [0.4, 0.5) is 5.69 Å². The van der Waals surface area contributed by atoms with Gasteiger partial charge in [0.25, 0.3) is 0 Å². The molecule has 0 saturated carbocycles. The molecule has 2 rings (SSSR count). The summed E-state index contributed by atoms with van der Waals surface area (Å²) in [6, 6.07) is 6.22. The number of piperazine rings is 1. The van der Waals surface area contributed by atoms with Gasteiger partial charge in [0.2, 0.25) is 12.3 Å². The number of anilines is 1. The molecule has 1 heterocycles. The fourth-order valence-electron chi connectivity index (χ4n) is 2.40. The number of hydrogen-bond acceptors (Lipinski definition) is 3. The van der Waals surface area contributed by atoms with Crippen LogP contribution in [-0.2, 0) is 9.59 Å². The highest BCUT2D eigenvalue weighted by atomic mass is 16.2. The van der Waals surface area contributed by atoms with Crippen molar-refractivity contribution in [3.8, 4) is 0 Å². The molecule has 2 amide bonds. The third kappa shape index (κ3) is 4.21. The molecule has 0 spiro atoms. The van der Waals surface area contributed by atoms with Gasteiger partial charge in [0.15, 0.2) is 0 Å². The standard InChI is InChI=1S/C16H23N3O2/c1-13-3-4-15(11-14(13)2)17-6-5-16(21)19-9-7-18(12-20)8-10-19/h3-4,11-12,17H,5-10H2,1-2H3. The maximum absolute atomic E-state index is 12.1. The van der Waals surface area contributed by atoms with E-state index in [1.807, 2.05) is 11.0 Å². The molecular formula is C16H23N3O2. The zero-order valence-corrected chi connectivity index (χ0v) is 12.8. The Balaban J connectivity index is 1.74. The summed E-state index contributed by atoms with van der Waals surface area (Å²) in [5, 5.41) is 3.29. The molecule has 0 aliphatic carbocycles. The molecule has 0 aromatic heterocycles. The molecule has 1 aromatic carbocycles. The second-order valence-corrected chi connectivity index (χ2v) is 5.50. The zero-order valence-electron chi connectivity index (χ0n) is 12.8. The van der Waals surface area contributed by atoms with Gasteiger partial charge in [-0.1, -0.05) is 6.07 Å². The lowest BCUT2D eigenvalue weighted by Gasteiger charge is -2.32. The van der Waals surface area contributed by atoms with E-state index in [9.17, 15) is 9.59 Å². The minimum atomic E-state index is 0.150. The number of benzene rings is 1. The van der Waals surface area contributed by atoms with Crippen molar-refractivity contribution < 1.29 is 9.59 Å². The summed E-state index contributed by atoms with van der Waals surface area (Å²) in [5.41, 5.74) is 3.57. The number of hydrogen-bond donors (Lipinski definition) is 1. The van der Waals surface area contributed by atoms with Crippen LogP contribution in [0, 0.1) is 13.8 Å². The number of aryl methyl sites for hydroxylation is 2. The van der Waals surface area contributed by atoms with Gasteiger partial charge in [-0.2, -0.15) is 0 Å². The Morgan fingerprint density at radius 2 is 1.90 bits per heavy atom. The predicted octanol–water partition coefficient (Wildman–Crippen LogP) is 1.41. The smallest absolute Gasteiger partial charge is 0.224 e. The molecule has 1 N–H and O–H groups in total. The topological polar surface area (TPSA) is 52.7 Å². The molecule has 0 bridgehead atoms. The third-order valence-electron chi connectivity index (χ3n) is 3.99. The summed E-state index contributed by atoms with van der Waals surface area (Å²) in [5.74, 6) is 0.150. The SMILES string of the molecule is Cc1ccc(NCCC(=O)N2CCN(C=O)CC2)cc1C. The first-order valence-electron chi connectivity index (χ1n) is 7.38. The first-order valence-corrected chi connectivity index (χ1v) is 7.38. The number of nitrogens with one attached hydrogen (secondary N) is 1. The first-order chi connectivity index (χ1) is 10.1. The van der Waals surface area contributed by atoms with E-state index in [0.29, 0.717) is 39.1 Å². The highest BCUT2D eigenvalue weighted by Gasteiger charge is 2.19. The maximum Gasteiger partial charge on any atom is 0.224 e. The number of carbonyl (C=O) groups excluding carboxylic acids is 2. The van der Waals surface area contributed by atoms with Gasteiger partial charge in [-0.25, -0.2) is 0 Å². The Labute approximate surface area is 125 Å². The summed E-state index contributed by atoms with van der Waals surface area (Å²) >= 11 is 0. The predicted molar refractivity (Wildman–Crippen MR) is 83.2 cm³/mol. The number of nitrogens with zero attached hydrogens (tertiary/aromatic N) is 2. The molecule has 1 aromatic rings. The van der Waals surface area contributed by atoms with Crippen molar-refractivity contribution >= 4 is 18.0 Å². The van der Waals surface area contributed by atoms with Gasteiger partial charge in [-0.3, -0.25) is 9.59 Å². The van der Waals surface area contributed by atoms with E-state index in [2.05, 4.69) is 31.3 Å². The lowest BCUT2D eigenvalue weighted by atomic mass is 10.1. The van der Waals surface area contributed by atoms with Gasteiger partial charge in [0.05, 0.1) is 0 Å². The summed E-state index contributed by atoms with van der Waals surface area (Å²) in [6.45, 7) is 7.36. The molecule has 1 aliphatic heterocycles. The van der Waals surface area contributed by atoms with Crippen molar-refractivity contribution in [1.29, 1.82) is 0 Å². The van der Waals surface area contributed by atoms with Gasteiger partial charge in [0.1, 0.15) is 0 Å². The second-order valence-electron chi connectivity index (χ2n) is 5.50. The van der Waals surface area contributed by atoms with E-state index >= 15 is 0 Å². The molecule has 5 heteroatoms. The number of rotatable bonds is 5. The average Bonchev–Trinajstić information content (AvgIpc) is 2.51. The van der Waals surface area contributed by atoms with Crippen molar-refractivity contribution in [2.24, 2.45) is 0 Å². The van der Waals surface area contributed by atoms with Gasteiger partial charge >= 0.3 is 0 Å². The Hall–Kier alpha value is -2.04. The first kappa shape index (κ1) is 15.4. The molecule has 0 atom stereocenters. The van der Waals surface area contributed by atoms with Gasteiger partial charge in [-0.15, -0.1) is 0 Å². The van der Waals surface area contributed by atoms with Crippen molar-refractivity contribution in [2.45, 2.75) is 20.3 Å². The van der Waals surface area contributed by atoms with Crippen molar-refractivity contribution in [2.75, 3.05) is 38.0 Å². The van der Waals surface area contributed by atoms with E-state index in [4.69, 9.17) is 0 Å². The number of carbonyl (C=O) groups is 2. The van der Waals surface area contributed by atoms with Crippen molar-refractivity contribution in [3.63, 3.8) is 0 Å². The van der Waals surface area contributed by atoms with E-state index in [-0.39, 0.29) is 5.91 Å². The van der Waals surface area contributed by atoms with E-state index in [1.54, 1.807) is 4.90 Å². The van der Waals surface area contributed by atoms with E-state index < -0.39 is 0 Å². The van der Waals surface area contributed by atoms with E-state index in [0.717, 1.165) is 12.1 Å². The Morgan fingerprint density at radius 1 is 1.19 bits per heavy atom. The average molecular weight is 289 g/mol. The van der Waals surface area contributed by atoms with Crippen LogP contribution in [0.25, 0.3) is 0 Å². The van der Waals surface area contributed by atoms with Gasteiger partial charge in [-0.05, 0) is 37.1 Å². The second kappa shape index (κ2) is 7.11. The molecule has 0 unspecified atom stereocenters.